The van der Waals surface area contributed by atoms with Crippen LogP contribution in [0.4, 0.5) is 11.4 Å². The zero-order valence-corrected chi connectivity index (χ0v) is 11.8. The lowest BCUT2D eigenvalue weighted by molar-refractivity contribution is 0.102. The summed E-state index contributed by atoms with van der Waals surface area (Å²) in [4.78, 5) is 14.1. The van der Waals surface area contributed by atoms with Crippen LogP contribution in [0, 0.1) is 6.92 Å². The molecule has 2 N–H and O–H groups in total. The molecule has 0 unspecified atom stereocenters. The van der Waals surface area contributed by atoms with Gasteiger partial charge in [0.05, 0.1) is 5.69 Å². The molecule has 0 aromatic heterocycles. The molecule has 2 aromatic carbocycles. The highest BCUT2D eigenvalue weighted by molar-refractivity contribution is 6.05. The van der Waals surface area contributed by atoms with Gasteiger partial charge in [0.25, 0.3) is 5.91 Å². The van der Waals surface area contributed by atoms with Crippen molar-refractivity contribution in [2.24, 2.45) is 0 Å². The standard InChI is InChI=1S/C16H18N2O2/c1-11-7-8-14(15(19)9-11)17-16(20)12-5-4-6-13(10-12)18(2)3/h4-10,19H,1-3H3,(H,17,20). The molecule has 0 saturated carbocycles. The number of nitrogens with zero attached hydrogens (tertiary/aromatic N) is 1. The van der Waals surface area contributed by atoms with Crippen molar-refractivity contribution >= 4 is 17.3 Å². The molecule has 2 aromatic rings. The predicted octanol–water partition coefficient (Wildman–Crippen LogP) is 3.02. The highest BCUT2D eigenvalue weighted by atomic mass is 16.3. The highest BCUT2D eigenvalue weighted by Gasteiger charge is 2.10. The molecule has 0 aliphatic rings. The summed E-state index contributed by atoms with van der Waals surface area (Å²) in [6, 6.07) is 12.5. The number of phenolic OH excluding ortho intramolecular Hbond substituents is 1. The van der Waals surface area contributed by atoms with Gasteiger partial charge in [-0.25, -0.2) is 0 Å². The molecule has 2 rings (SSSR count). The number of aryl methyl sites for hydroxylation is 1. The largest absolute Gasteiger partial charge is 0.506 e. The van der Waals surface area contributed by atoms with Gasteiger partial charge in [0.15, 0.2) is 0 Å². The fourth-order valence-corrected chi connectivity index (χ4v) is 1.87. The van der Waals surface area contributed by atoms with Crippen LogP contribution < -0.4 is 10.2 Å². The van der Waals surface area contributed by atoms with E-state index in [1.807, 2.05) is 44.1 Å². The number of nitrogens with one attached hydrogen (secondary N) is 1. The molecule has 20 heavy (non-hydrogen) atoms. The maximum atomic E-state index is 12.2. The Morgan fingerprint density at radius 2 is 1.90 bits per heavy atom. The summed E-state index contributed by atoms with van der Waals surface area (Å²) in [7, 11) is 3.84. The van der Waals surface area contributed by atoms with Crippen molar-refractivity contribution in [3.8, 4) is 5.75 Å². The van der Waals surface area contributed by atoms with Crippen molar-refractivity contribution in [1.82, 2.24) is 0 Å². The molecule has 4 nitrogen and oxygen atoms in total. The van der Waals surface area contributed by atoms with Crippen LogP contribution in [0.3, 0.4) is 0 Å². The van der Waals surface area contributed by atoms with Crippen molar-refractivity contribution in [3.63, 3.8) is 0 Å². The molecule has 104 valence electrons. The topological polar surface area (TPSA) is 52.6 Å². The number of carbonyl (C=O) groups is 1. The van der Waals surface area contributed by atoms with Gasteiger partial charge in [-0.05, 0) is 42.8 Å². The molecule has 1 amide bonds. The molecule has 0 spiro atoms. The minimum Gasteiger partial charge on any atom is -0.506 e. The van der Waals surface area contributed by atoms with E-state index in [2.05, 4.69) is 5.32 Å². The summed E-state index contributed by atoms with van der Waals surface area (Å²) in [5, 5.41) is 12.5. The number of phenols is 1. The SMILES string of the molecule is Cc1ccc(NC(=O)c2cccc(N(C)C)c2)c(O)c1. The lowest BCUT2D eigenvalue weighted by Crippen LogP contribution is -2.14. The molecule has 0 aliphatic heterocycles. The molecule has 0 saturated heterocycles. The molecule has 0 bridgehead atoms. The van der Waals surface area contributed by atoms with Gasteiger partial charge in [0, 0.05) is 25.3 Å². The smallest absolute Gasteiger partial charge is 0.255 e. The second-order valence-corrected chi connectivity index (χ2v) is 4.92. The Kier molecular flexibility index (Phi) is 3.94. The molecular formula is C16H18N2O2. The number of benzene rings is 2. The zero-order valence-electron chi connectivity index (χ0n) is 11.8. The summed E-state index contributed by atoms with van der Waals surface area (Å²) >= 11 is 0. The van der Waals surface area contributed by atoms with Gasteiger partial charge in [0.1, 0.15) is 5.75 Å². The van der Waals surface area contributed by atoms with Crippen molar-refractivity contribution in [1.29, 1.82) is 0 Å². The summed E-state index contributed by atoms with van der Waals surface area (Å²) in [5.41, 5.74) is 2.85. The summed E-state index contributed by atoms with van der Waals surface area (Å²) in [6.45, 7) is 1.88. The van der Waals surface area contributed by atoms with Crippen LogP contribution in [-0.2, 0) is 0 Å². The maximum absolute atomic E-state index is 12.2. The second-order valence-electron chi connectivity index (χ2n) is 4.92. The Balaban J connectivity index is 2.21. The van der Waals surface area contributed by atoms with Crippen LogP contribution >= 0.6 is 0 Å². The van der Waals surface area contributed by atoms with Crippen LogP contribution in [-0.4, -0.2) is 25.1 Å². The van der Waals surface area contributed by atoms with Gasteiger partial charge < -0.3 is 15.3 Å². The quantitative estimate of drug-likeness (QED) is 0.843. The van der Waals surface area contributed by atoms with Crippen LogP contribution in [0.15, 0.2) is 42.5 Å². The molecular weight excluding hydrogens is 252 g/mol. The first-order valence-electron chi connectivity index (χ1n) is 6.36. The summed E-state index contributed by atoms with van der Waals surface area (Å²) < 4.78 is 0. The molecule has 0 fully saturated rings. The summed E-state index contributed by atoms with van der Waals surface area (Å²) in [5.74, 6) is -0.171. The summed E-state index contributed by atoms with van der Waals surface area (Å²) in [6.07, 6.45) is 0. The van der Waals surface area contributed by atoms with E-state index in [1.165, 1.54) is 0 Å². The van der Waals surface area contributed by atoms with E-state index in [4.69, 9.17) is 0 Å². The number of anilines is 2. The maximum Gasteiger partial charge on any atom is 0.255 e. The number of amides is 1. The van der Waals surface area contributed by atoms with Crippen molar-refractivity contribution in [3.05, 3.63) is 53.6 Å². The van der Waals surface area contributed by atoms with E-state index in [0.29, 0.717) is 11.3 Å². The average molecular weight is 270 g/mol. The van der Waals surface area contributed by atoms with Crippen LogP contribution in [0.2, 0.25) is 0 Å². The molecule has 0 radical (unpaired) electrons. The van der Waals surface area contributed by atoms with E-state index in [1.54, 1.807) is 24.3 Å². The molecule has 0 heterocycles. The van der Waals surface area contributed by atoms with Crippen molar-refractivity contribution in [2.75, 3.05) is 24.3 Å². The van der Waals surface area contributed by atoms with Gasteiger partial charge >= 0.3 is 0 Å². The fourth-order valence-electron chi connectivity index (χ4n) is 1.87. The van der Waals surface area contributed by atoms with E-state index in [9.17, 15) is 9.90 Å². The second kappa shape index (κ2) is 5.65. The Morgan fingerprint density at radius 1 is 1.15 bits per heavy atom. The number of aromatic hydroxyl groups is 1. The third kappa shape index (κ3) is 3.09. The zero-order chi connectivity index (χ0) is 14.7. The van der Waals surface area contributed by atoms with Crippen LogP contribution in [0.25, 0.3) is 0 Å². The van der Waals surface area contributed by atoms with E-state index in [0.717, 1.165) is 11.3 Å². The average Bonchev–Trinajstić information content (AvgIpc) is 2.42. The fraction of sp³-hybridized carbons (Fsp3) is 0.188. The Bertz CT molecular complexity index is 636. The van der Waals surface area contributed by atoms with Gasteiger partial charge in [0.2, 0.25) is 0 Å². The minimum atomic E-state index is -0.243. The first-order valence-corrected chi connectivity index (χ1v) is 6.36. The lowest BCUT2D eigenvalue weighted by Gasteiger charge is -2.14. The van der Waals surface area contributed by atoms with E-state index < -0.39 is 0 Å². The lowest BCUT2D eigenvalue weighted by atomic mass is 10.1. The van der Waals surface area contributed by atoms with Crippen LogP contribution in [0.5, 0.6) is 5.75 Å². The number of carbonyl (C=O) groups excluding carboxylic acids is 1. The molecule has 0 aliphatic carbocycles. The van der Waals surface area contributed by atoms with Crippen molar-refractivity contribution in [2.45, 2.75) is 6.92 Å². The van der Waals surface area contributed by atoms with Gasteiger partial charge in [-0.3, -0.25) is 4.79 Å². The van der Waals surface area contributed by atoms with Gasteiger partial charge in [-0.1, -0.05) is 12.1 Å². The Labute approximate surface area is 118 Å². The number of hydrogen-bond acceptors (Lipinski definition) is 3. The highest BCUT2D eigenvalue weighted by Crippen LogP contribution is 2.24. The molecule has 4 heteroatoms. The number of hydrogen-bond donors (Lipinski definition) is 2. The van der Waals surface area contributed by atoms with Crippen LogP contribution in [0.1, 0.15) is 15.9 Å². The Hall–Kier alpha value is -2.49. The van der Waals surface area contributed by atoms with E-state index in [-0.39, 0.29) is 11.7 Å². The predicted molar refractivity (Wildman–Crippen MR) is 81.6 cm³/mol. The Morgan fingerprint density at radius 3 is 2.55 bits per heavy atom. The first-order chi connectivity index (χ1) is 9.47. The van der Waals surface area contributed by atoms with Gasteiger partial charge in [-0.2, -0.15) is 0 Å². The normalized spacial score (nSPS) is 10.2. The molecule has 0 atom stereocenters. The van der Waals surface area contributed by atoms with Crippen molar-refractivity contribution < 1.29 is 9.90 Å². The van der Waals surface area contributed by atoms with Gasteiger partial charge in [-0.15, -0.1) is 0 Å². The number of rotatable bonds is 3. The van der Waals surface area contributed by atoms with E-state index >= 15 is 0 Å². The third-order valence-corrected chi connectivity index (χ3v) is 3.03. The minimum absolute atomic E-state index is 0.0714. The monoisotopic (exact) mass is 270 g/mol. The first kappa shape index (κ1) is 13.9. The third-order valence-electron chi connectivity index (χ3n) is 3.03.